The van der Waals surface area contributed by atoms with Gasteiger partial charge in [0.25, 0.3) is 0 Å². The Hall–Kier alpha value is -0.780. The van der Waals surface area contributed by atoms with Crippen LogP contribution in [0.5, 0.6) is 0 Å². The summed E-state index contributed by atoms with van der Waals surface area (Å²) in [4.78, 5) is 0. The quantitative estimate of drug-likeness (QED) is 0.326. The molecule has 188 valence electrons. The molecule has 4 rings (SSSR count). The molecule has 0 radical (unpaired) electrons. The lowest BCUT2D eigenvalue weighted by Crippen LogP contribution is -2.08. The van der Waals surface area contributed by atoms with Gasteiger partial charge in [-0.25, -0.2) is 0 Å². The number of hydrogen-bond acceptors (Lipinski definition) is 0. The zero-order valence-electron chi connectivity index (χ0n) is 23.3. The smallest absolute Gasteiger partial charge is 0 e. The minimum Gasteiger partial charge on any atom is -0.0854 e. The molecule has 0 aromatic heterocycles. The van der Waals surface area contributed by atoms with Gasteiger partial charge in [0.1, 0.15) is 0 Å². The average molecular weight is 445 g/mol. The van der Waals surface area contributed by atoms with Crippen LogP contribution in [0.1, 0.15) is 134 Å². The maximum Gasteiger partial charge on any atom is 0 e. The highest BCUT2D eigenvalue weighted by Gasteiger charge is 2.13. The van der Waals surface area contributed by atoms with E-state index in [-0.39, 0.29) is 1.43 Å². The summed E-state index contributed by atoms with van der Waals surface area (Å²) >= 11 is 0. The minimum atomic E-state index is 0. The van der Waals surface area contributed by atoms with Crippen molar-refractivity contribution < 1.29 is 1.43 Å². The molecule has 0 aliphatic heterocycles. The monoisotopic (exact) mass is 444 g/mol. The fraction of sp³-hybridized carbons (Fsp3) is 0.812. The fourth-order valence-corrected chi connectivity index (χ4v) is 4.72. The van der Waals surface area contributed by atoms with Crippen molar-refractivity contribution in [2.24, 2.45) is 35.5 Å². The molecule has 0 aromatic rings. The summed E-state index contributed by atoms with van der Waals surface area (Å²) < 4.78 is 0. The second-order valence-corrected chi connectivity index (χ2v) is 12.1. The summed E-state index contributed by atoms with van der Waals surface area (Å²) in [6.45, 7) is 18.4. The first-order valence-corrected chi connectivity index (χ1v) is 14.1. The molecule has 4 atom stereocenters. The van der Waals surface area contributed by atoms with Gasteiger partial charge in [-0.15, -0.1) is 0 Å². The third-order valence-electron chi connectivity index (χ3n) is 7.95. The lowest BCUT2D eigenvalue weighted by molar-refractivity contribution is 0.308. The fourth-order valence-electron chi connectivity index (χ4n) is 4.72. The molecule has 0 N–H and O–H groups in total. The highest BCUT2D eigenvalue weighted by Crippen LogP contribution is 2.27. The Kier molecular flexibility index (Phi) is 15.3. The number of rotatable bonds is 0. The predicted octanol–water partition coefficient (Wildman–Crippen LogP) is 11.2. The topological polar surface area (TPSA) is 0 Å². The molecule has 0 nitrogen and oxygen atoms in total. The van der Waals surface area contributed by atoms with Crippen LogP contribution < -0.4 is 0 Å². The van der Waals surface area contributed by atoms with Crippen LogP contribution in [0.4, 0.5) is 0 Å². The maximum absolute atomic E-state index is 2.37. The summed E-state index contributed by atoms with van der Waals surface area (Å²) in [6.07, 6.45) is 26.2. The highest BCUT2D eigenvalue weighted by molar-refractivity contribution is 5.02. The van der Waals surface area contributed by atoms with Gasteiger partial charge in [-0.05, 0) is 101 Å². The summed E-state index contributed by atoms with van der Waals surface area (Å²) in [5.74, 6) is 5.60. The van der Waals surface area contributed by atoms with Crippen LogP contribution in [0.3, 0.4) is 0 Å². The van der Waals surface area contributed by atoms with Crippen LogP contribution in [0.15, 0.2) is 35.5 Å². The van der Waals surface area contributed by atoms with Crippen LogP contribution in [0, 0.1) is 35.5 Å². The number of hydrogen-bond donors (Lipinski definition) is 0. The van der Waals surface area contributed by atoms with E-state index >= 15 is 0 Å². The van der Waals surface area contributed by atoms with Gasteiger partial charge < -0.3 is 0 Å². The van der Waals surface area contributed by atoms with E-state index in [1.165, 1.54) is 77.0 Å². The van der Waals surface area contributed by atoms with Crippen molar-refractivity contribution in [1.82, 2.24) is 0 Å². The Bertz CT molecular complexity index is 511. The molecule has 0 spiro atoms. The highest BCUT2D eigenvalue weighted by atomic mass is 14.2. The molecule has 0 bridgehead atoms. The van der Waals surface area contributed by atoms with E-state index in [0.29, 0.717) is 0 Å². The molecule has 4 aliphatic carbocycles. The van der Waals surface area contributed by atoms with E-state index in [9.17, 15) is 0 Å². The summed E-state index contributed by atoms with van der Waals surface area (Å²) in [7, 11) is 0. The molecule has 0 heterocycles. The summed E-state index contributed by atoms with van der Waals surface area (Å²) in [5.41, 5.74) is 3.17. The van der Waals surface area contributed by atoms with E-state index < -0.39 is 0 Å². The van der Waals surface area contributed by atoms with E-state index in [1.54, 1.807) is 11.1 Å². The molecule has 0 amide bonds. The minimum absolute atomic E-state index is 0. The van der Waals surface area contributed by atoms with Crippen LogP contribution in [-0.4, -0.2) is 0 Å². The molecule has 0 saturated heterocycles. The Labute approximate surface area is 204 Å². The summed E-state index contributed by atoms with van der Waals surface area (Å²) in [5, 5.41) is 0. The van der Waals surface area contributed by atoms with Gasteiger partial charge in [0, 0.05) is 1.43 Å². The van der Waals surface area contributed by atoms with E-state index in [2.05, 4.69) is 79.7 Å². The molecule has 4 unspecified atom stereocenters. The first-order valence-electron chi connectivity index (χ1n) is 14.1. The lowest BCUT2D eigenvalue weighted by atomic mass is 9.84. The van der Waals surface area contributed by atoms with Gasteiger partial charge in [-0.1, -0.05) is 103 Å². The van der Waals surface area contributed by atoms with Crippen molar-refractivity contribution in [3.05, 3.63) is 35.5 Å². The lowest BCUT2D eigenvalue weighted by Gasteiger charge is -2.22. The van der Waals surface area contributed by atoms with Crippen molar-refractivity contribution in [2.45, 2.75) is 132 Å². The van der Waals surface area contributed by atoms with Crippen molar-refractivity contribution in [3.63, 3.8) is 0 Å². The van der Waals surface area contributed by atoms with Crippen molar-refractivity contribution >= 4 is 0 Å². The molecule has 0 aromatic carbocycles. The maximum atomic E-state index is 2.37. The third kappa shape index (κ3) is 15.1. The molecular formula is C32H60. The van der Waals surface area contributed by atoms with Gasteiger partial charge in [0.2, 0.25) is 0 Å². The van der Waals surface area contributed by atoms with Crippen LogP contribution in [0.25, 0.3) is 0 Å². The largest absolute Gasteiger partial charge is 0.0854 e. The van der Waals surface area contributed by atoms with Crippen molar-refractivity contribution in [3.8, 4) is 0 Å². The van der Waals surface area contributed by atoms with E-state index in [4.69, 9.17) is 0 Å². The van der Waals surface area contributed by atoms with Gasteiger partial charge in [0.15, 0.2) is 0 Å². The average Bonchev–Trinajstić information content (AvgIpc) is 2.78. The molecule has 32 heavy (non-hydrogen) atoms. The second kappa shape index (κ2) is 16.8. The third-order valence-corrected chi connectivity index (χ3v) is 7.95. The number of allylic oxidation sites excluding steroid dienone is 6. The van der Waals surface area contributed by atoms with Crippen molar-refractivity contribution in [2.75, 3.05) is 0 Å². The van der Waals surface area contributed by atoms with Crippen LogP contribution >= 0.6 is 0 Å². The van der Waals surface area contributed by atoms with E-state index in [0.717, 1.165) is 35.5 Å². The standard InChI is InChI=1S/C8H16.3C8H14.H2/c4*1-7-3-5-8(2)6-4-7;/h7-8H,3-6H2,1-2H3;2*3,8H,4-6H2,1-2H3;3,5,7-8H,4,6H2,1-2H3;1H. The van der Waals surface area contributed by atoms with Gasteiger partial charge in [0.05, 0.1) is 0 Å². The Morgan fingerprint density at radius 3 is 1.06 bits per heavy atom. The second-order valence-electron chi connectivity index (χ2n) is 12.1. The van der Waals surface area contributed by atoms with Gasteiger partial charge in [-0.3, -0.25) is 0 Å². The Morgan fingerprint density at radius 2 is 0.844 bits per heavy atom. The molecule has 1 fully saturated rings. The van der Waals surface area contributed by atoms with Crippen LogP contribution in [-0.2, 0) is 0 Å². The summed E-state index contributed by atoms with van der Waals surface area (Å²) in [6, 6.07) is 0. The van der Waals surface area contributed by atoms with Gasteiger partial charge >= 0.3 is 0 Å². The zero-order chi connectivity index (χ0) is 23.9. The SMILES string of the molecule is CC1=CCC(C)CC1.CC1=CCC(C)CC1.CC1C=CC(C)CC1.CC1CCC(C)CC1.[HH]. The van der Waals surface area contributed by atoms with Crippen molar-refractivity contribution in [1.29, 1.82) is 0 Å². The molecule has 0 heteroatoms. The molecule has 4 aliphatic rings. The first-order chi connectivity index (χ1) is 15.2. The molecular weight excluding hydrogens is 384 g/mol. The Morgan fingerprint density at radius 1 is 0.500 bits per heavy atom. The van der Waals surface area contributed by atoms with E-state index in [1.807, 2.05) is 0 Å². The normalized spacial score (nSPS) is 34.2. The Balaban J connectivity index is 0.000000410. The first kappa shape index (κ1) is 29.3. The van der Waals surface area contributed by atoms with Crippen LogP contribution in [0.2, 0.25) is 0 Å². The molecule has 1 saturated carbocycles. The predicted molar refractivity (Wildman–Crippen MR) is 149 cm³/mol. The van der Waals surface area contributed by atoms with Gasteiger partial charge in [-0.2, -0.15) is 0 Å². The zero-order valence-corrected chi connectivity index (χ0v) is 23.3.